The first-order valence-electron chi connectivity index (χ1n) is 5.36. The number of rotatable bonds is 7. The molecule has 0 aliphatic heterocycles. The van der Waals surface area contributed by atoms with E-state index in [9.17, 15) is 0 Å². The average Bonchev–Trinajstić information content (AvgIpc) is 2.03. The Labute approximate surface area is 87.5 Å². The van der Waals surface area contributed by atoms with Crippen LogP contribution in [0.2, 0.25) is 0 Å². The van der Waals surface area contributed by atoms with Crippen LogP contribution in [0.5, 0.6) is 0 Å². The monoisotopic (exact) mass is 203 g/mol. The van der Waals surface area contributed by atoms with Crippen molar-refractivity contribution in [1.82, 2.24) is 5.32 Å². The van der Waals surface area contributed by atoms with Crippen molar-refractivity contribution >= 4 is 0 Å². The standard InChI is InChI=1S/C11H25NO2/c1-9(2)5-11(3,4)8-12-10(6-13)7-14/h9-10,12-14H,5-8H2,1-4H3. The topological polar surface area (TPSA) is 52.5 Å². The summed E-state index contributed by atoms with van der Waals surface area (Å²) in [6, 6.07) is -0.179. The van der Waals surface area contributed by atoms with E-state index >= 15 is 0 Å². The predicted molar refractivity (Wildman–Crippen MR) is 59.2 cm³/mol. The Bertz CT molecular complexity index is 142. The van der Waals surface area contributed by atoms with Crippen LogP contribution in [0.25, 0.3) is 0 Å². The Morgan fingerprint density at radius 1 is 1.14 bits per heavy atom. The molecule has 0 bridgehead atoms. The highest BCUT2D eigenvalue weighted by molar-refractivity contribution is 4.75. The minimum atomic E-state index is -0.179. The maximum atomic E-state index is 8.88. The molecule has 0 aliphatic rings. The Morgan fingerprint density at radius 3 is 2.00 bits per heavy atom. The SMILES string of the molecule is CC(C)CC(C)(C)CNC(CO)CO. The van der Waals surface area contributed by atoms with Gasteiger partial charge in [0.2, 0.25) is 0 Å². The van der Waals surface area contributed by atoms with Crippen LogP contribution in [-0.2, 0) is 0 Å². The van der Waals surface area contributed by atoms with Gasteiger partial charge in [0, 0.05) is 6.54 Å². The zero-order chi connectivity index (χ0) is 11.2. The minimum absolute atomic E-state index is 0.00570. The Balaban J connectivity index is 3.84. The quantitative estimate of drug-likeness (QED) is 0.578. The Morgan fingerprint density at radius 2 is 1.64 bits per heavy atom. The number of aliphatic hydroxyl groups excluding tert-OH is 2. The summed E-state index contributed by atoms with van der Waals surface area (Å²) in [6.07, 6.45) is 1.14. The van der Waals surface area contributed by atoms with E-state index in [0.29, 0.717) is 5.92 Å². The average molecular weight is 203 g/mol. The van der Waals surface area contributed by atoms with Gasteiger partial charge in [0.15, 0.2) is 0 Å². The van der Waals surface area contributed by atoms with Crippen LogP contribution in [0.3, 0.4) is 0 Å². The van der Waals surface area contributed by atoms with Gasteiger partial charge in [0.25, 0.3) is 0 Å². The van der Waals surface area contributed by atoms with Crippen molar-refractivity contribution < 1.29 is 10.2 Å². The summed E-state index contributed by atoms with van der Waals surface area (Å²) < 4.78 is 0. The second-order valence-corrected chi connectivity index (χ2v) is 5.21. The highest BCUT2D eigenvalue weighted by Crippen LogP contribution is 2.24. The third kappa shape index (κ3) is 6.35. The first kappa shape index (κ1) is 13.9. The molecule has 0 fully saturated rings. The highest BCUT2D eigenvalue weighted by Gasteiger charge is 2.20. The molecule has 0 rings (SSSR count). The molecular weight excluding hydrogens is 178 g/mol. The van der Waals surface area contributed by atoms with Crippen molar-refractivity contribution in [3.8, 4) is 0 Å². The predicted octanol–water partition coefficient (Wildman–Crippen LogP) is 1.00. The maximum absolute atomic E-state index is 8.88. The molecule has 0 heterocycles. The van der Waals surface area contributed by atoms with E-state index in [0.717, 1.165) is 13.0 Å². The fraction of sp³-hybridized carbons (Fsp3) is 1.00. The summed E-state index contributed by atoms with van der Waals surface area (Å²) in [4.78, 5) is 0. The molecule has 0 unspecified atom stereocenters. The van der Waals surface area contributed by atoms with Gasteiger partial charge in [-0.25, -0.2) is 0 Å². The van der Waals surface area contributed by atoms with E-state index in [2.05, 4.69) is 33.0 Å². The zero-order valence-corrected chi connectivity index (χ0v) is 9.88. The lowest BCUT2D eigenvalue weighted by Gasteiger charge is -2.29. The van der Waals surface area contributed by atoms with Crippen LogP contribution in [-0.4, -0.2) is 36.0 Å². The van der Waals surface area contributed by atoms with Crippen LogP contribution in [0, 0.1) is 11.3 Å². The third-order valence-corrected chi connectivity index (χ3v) is 2.27. The molecular formula is C11H25NO2. The Hall–Kier alpha value is -0.120. The summed E-state index contributed by atoms with van der Waals surface area (Å²) in [5, 5.41) is 20.9. The lowest BCUT2D eigenvalue weighted by Crippen LogP contribution is -2.41. The van der Waals surface area contributed by atoms with Gasteiger partial charge in [-0.1, -0.05) is 27.7 Å². The lowest BCUT2D eigenvalue weighted by atomic mass is 9.84. The molecule has 0 aromatic carbocycles. The van der Waals surface area contributed by atoms with Gasteiger partial charge in [-0.2, -0.15) is 0 Å². The molecule has 0 atom stereocenters. The van der Waals surface area contributed by atoms with E-state index in [1.54, 1.807) is 0 Å². The van der Waals surface area contributed by atoms with Crippen molar-refractivity contribution in [3.05, 3.63) is 0 Å². The normalized spacial score (nSPS) is 12.9. The first-order chi connectivity index (χ1) is 6.41. The molecule has 86 valence electrons. The third-order valence-electron chi connectivity index (χ3n) is 2.27. The largest absolute Gasteiger partial charge is 0.395 e. The van der Waals surface area contributed by atoms with Crippen LogP contribution >= 0.6 is 0 Å². The van der Waals surface area contributed by atoms with Gasteiger partial charge in [-0.05, 0) is 17.8 Å². The summed E-state index contributed by atoms with van der Waals surface area (Å²) in [5.74, 6) is 0.675. The van der Waals surface area contributed by atoms with E-state index in [1.807, 2.05) is 0 Å². The second-order valence-electron chi connectivity index (χ2n) is 5.21. The molecule has 0 radical (unpaired) electrons. The number of hydrogen-bond donors (Lipinski definition) is 3. The second kappa shape index (κ2) is 6.38. The maximum Gasteiger partial charge on any atom is 0.0607 e. The van der Waals surface area contributed by atoms with Crippen LogP contribution in [0.1, 0.15) is 34.1 Å². The molecule has 0 amide bonds. The van der Waals surface area contributed by atoms with Crippen molar-refractivity contribution in [2.75, 3.05) is 19.8 Å². The fourth-order valence-corrected chi connectivity index (χ4v) is 1.78. The van der Waals surface area contributed by atoms with E-state index in [-0.39, 0.29) is 24.7 Å². The fourth-order valence-electron chi connectivity index (χ4n) is 1.78. The van der Waals surface area contributed by atoms with Gasteiger partial charge in [-0.15, -0.1) is 0 Å². The highest BCUT2D eigenvalue weighted by atomic mass is 16.3. The smallest absolute Gasteiger partial charge is 0.0607 e. The molecule has 0 aromatic rings. The molecule has 0 aliphatic carbocycles. The molecule has 0 aromatic heterocycles. The van der Waals surface area contributed by atoms with Crippen molar-refractivity contribution in [3.63, 3.8) is 0 Å². The molecule has 0 saturated carbocycles. The van der Waals surface area contributed by atoms with Crippen LogP contribution < -0.4 is 5.32 Å². The van der Waals surface area contributed by atoms with Crippen molar-refractivity contribution in [2.24, 2.45) is 11.3 Å². The number of nitrogens with one attached hydrogen (secondary N) is 1. The van der Waals surface area contributed by atoms with Gasteiger partial charge in [-0.3, -0.25) is 0 Å². The van der Waals surface area contributed by atoms with Crippen LogP contribution in [0.15, 0.2) is 0 Å². The van der Waals surface area contributed by atoms with Crippen molar-refractivity contribution in [1.29, 1.82) is 0 Å². The summed E-state index contributed by atoms with van der Waals surface area (Å²) in [5.41, 5.74) is 0.219. The van der Waals surface area contributed by atoms with Gasteiger partial charge < -0.3 is 15.5 Å². The zero-order valence-electron chi connectivity index (χ0n) is 9.88. The first-order valence-corrected chi connectivity index (χ1v) is 5.36. The summed E-state index contributed by atoms with van der Waals surface area (Å²) >= 11 is 0. The minimum Gasteiger partial charge on any atom is -0.395 e. The molecule has 0 spiro atoms. The van der Waals surface area contributed by atoms with E-state index < -0.39 is 0 Å². The number of hydrogen-bond acceptors (Lipinski definition) is 3. The van der Waals surface area contributed by atoms with E-state index in [4.69, 9.17) is 10.2 Å². The number of aliphatic hydroxyl groups is 2. The summed E-state index contributed by atoms with van der Waals surface area (Å²) in [7, 11) is 0. The van der Waals surface area contributed by atoms with Gasteiger partial charge in [0.05, 0.1) is 19.3 Å². The lowest BCUT2D eigenvalue weighted by molar-refractivity contribution is 0.155. The van der Waals surface area contributed by atoms with Crippen LogP contribution in [0.4, 0.5) is 0 Å². The molecule has 3 heteroatoms. The molecule has 3 N–H and O–H groups in total. The Kier molecular flexibility index (Phi) is 6.33. The van der Waals surface area contributed by atoms with Crippen molar-refractivity contribution in [2.45, 2.75) is 40.2 Å². The molecule has 0 saturated heterocycles. The van der Waals surface area contributed by atoms with Gasteiger partial charge >= 0.3 is 0 Å². The molecule has 3 nitrogen and oxygen atoms in total. The van der Waals surface area contributed by atoms with E-state index in [1.165, 1.54) is 0 Å². The van der Waals surface area contributed by atoms with Gasteiger partial charge in [0.1, 0.15) is 0 Å². The summed E-state index contributed by atoms with van der Waals surface area (Å²) in [6.45, 7) is 9.63. The molecule has 14 heavy (non-hydrogen) atoms.